The first kappa shape index (κ1) is 21.3. The Balaban J connectivity index is 1.47. The molecule has 3 aliphatic rings. The quantitative estimate of drug-likeness (QED) is 0.656. The molecule has 3 fully saturated rings. The summed E-state index contributed by atoms with van der Waals surface area (Å²) in [5, 5.41) is 0. The van der Waals surface area contributed by atoms with Crippen LogP contribution in [0, 0.1) is 11.7 Å². The topological polar surface area (TPSA) is 59.1 Å². The van der Waals surface area contributed by atoms with E-state index in [0.29, 0.717) is 17.9 Å². The summed E-state index contributed by atoms with van der Waals surface area (Å²) in [4.78, 5) is 28.4. The van der Waals surface area contributed by atoms with Crippen molar-refractivity contribution < 1.29 is 23.5 Å². The number of hydrogen-bond donors (Lipinski definition) is 0. The smallest absolute Gasteiger partial charge is 0.414 e. The van der Waals surface area contributed by atoms with Crippen molar-refractivity contribution in [3.05, 3.63) is 65.5 Å². The van der Waals surface area contributed by atoms with Crippen LogP contribution in [0.15, 0.2) is 48.5 Å². The summed E-state index contributed by atoms with van der Waals surface area (Å²) in [5.74, 6) is -0.489. The first-order chi connectivity index (χ1) is 15.0. The van der Waals surface area contributed by atoms with Gasteiger partial charge in [0.05, 0.1) is 18.4 Å². The Morgan fingerprint density at radius 1 is 1.10 bits per heavy atom. The van der Waals surface area contributed by atoms with Crippen LogP contribution in [-0.2, 0) is 15.9 Å². The van der Waals surface area contributed by atoms with Crippen LogP contribution in [0.4, 0.5) is 14.9 Å². The minimum atomic E-state index is -0.518. The molecule has 31 heavy (non-hydrogen) atoms. The highest BCUT2D eigenvalue weighted by molar-refractivity contribution is 5.89. The molecule has 2 bridgehead atoms. The average molecular weight is 426 g/mol. The second kappa shape index (κ2) is 9.47. The molecule has 0 spiro atoms. The predicted molar refractivity (Wildman–Crippen MR) is 115 cm³/mol. The number of fused-ring (bicyclic) bond motifs is 3. The second-order valence-corrected chi connectivity index (χ2v) is 8.10. The number of carbonyl (C=O) groups excluding carboxylic acids is 2. The molecule has 5 rings (SSSR count). The van der Waals surface area contributed by atoms with E-state index in [9.17, 15) is 14.0 Å². The minimum Gasteiger partial charge on any atom is -0.465 e. The molecule has 0 aliphatic carbocycles. The van der Waals surface area contributed by atoms with Crippen LogP contribution < -0.4 is 4.90 Å². The van der Waals surface area contributed by atoms with Gasteiger partial charge in [0.15, 0.2) is 0 Å². The van der Waals surface area contributed by atoms with Crippen LogP contribution in [0.1, 0.15) is 28.8 Å². The number of hydrogen-bond acceptors (Lipinski definition) is 5. The normalized spacial score (nSPS) is 22.1. The molecule has 0 radical (unpaired) electrons. The second-order valence-electron chi connectivity index (χ2n) is 8.10. The lowest BCUT2D eigenvalue weighted by molar-refractivity contribution is -0.0310. The zero-order chi connectivity index (χ0) is 21.8. The molecule has 0 aromatic heterocycles. The number of halogens is 1. The summed E-state index contributed by atoms with van der Waals surface area (Å²) in [6, 6.07) is 13.2. The van der Waals surface area contributed by atoms with Gasteiger partial charge in [-0.15, -0.1) is 0 Å². The number of carbonyl (C=O) groups is 2. The van der Waals surface area contributed by atoms with E-state index in [-0.39, 0.29) is 18.3 Å². The Bertz CT molecular complexity index is 925. The molecular weight excluding hydrogens is 399 g/mol. The maximum atomic E-state index is 14.5. The molecule has 7 heteroatoms. The Labute approximate surface area is 181 Å². The average Bonchev–Trinajstić information content (AvgIpc) is 2.81. The first-order valence-corrected chi connectivity index (χ1v) is 10.7. The highest BCUT2D eigenvalue weighted by atomic mass is 19.1. The van der Waals surface area contributed by atoms with Crippen molar-refractivity contribution in [3.8, 4) is 0 Å². The number of benzene rings is 2. The molecular formula is C24H27FN2O4. The summed E-state index contributed by atoms with van der Waals surface area (Å²) >= 11 is 0. The monoisotopic (exact) mass is 426 g/mol. The van der Waals surface area contributed by atoms with Crippen molar-refractivity contribution in [2.24, 2.45) is 5.92 Å². The van der Waals surface area contributed by atoms with E-state index in [2.05, 4.69) is 4.90 Å². The predicted octanol–water partition coefficient (Wildman–Crippen LogP) is 3.89. The maximum absolute atomic E-state index is 14.5. The number of nitrogens with zero attached hydrogens (tertiary/aromatic N) is 2. The van der Waals surface area contributed by atoms with Gasteiger partial charge in [0, 0.05) is 13.1 Å². The molecule has 164 valence electrons. The van der Waals surface area contributed by atoms with Crippen LogP contribution in [0.2, 0.25) is 0 Å². The lowest BCUT2D eigenvalue weighted by Crippen LogP contribution is -2.53. The zero-order valence-electron chi connectivity index (χ0n) is 17.6. The van der Waals surface area contributed by atoms with Crippen molar-refractivity contribution in [1.82, 2.24) is 4.90 Å². The van der Waals surface area contributed by atoms with Gasteiger partial charge in [-0.3, -0.25) is 9.80 Å². The van der Waals surface area contributed by atoms with Crippen LogP contribution in [-0.4, -0.2) is 56.4 Å². The zero-order valence-corrected chi connectivity index (χ0v) is 17.6. The van der Waals surface area contributed by atoms with Crippen molar-refractivity contribution in [2.75, 3.05) is 38.2 Å². The van der Waals surface area contributed by atoms with E-state index < -0.39 is 17.9 Å². The molecule has 0 saturated carbocycles. The molecule has 0 N–H and O–H groups in total. The Kier molecular flexibility index (Phi) is 6.51. The number of para-hydroxylation sites is 1. The summed E-state index contributed by atoms with van der Waals surface area (Å²) in [6.07, 6.45) is 1.89. The van der Waals surface area contributed by atoms with Gasteiger partial charge in [-0.1, -0.05) is 24.3 Å². The van der Waals surface area contributed by atoms with E-state index >= 15 is 0 Å². The highest BCUT2D eigenvalue weighted by Gasteiger charge is 2.37. The van der Waals surface area contributed by atoms with Crippen LogP contribution >= 0.6 is 0 Å². The molecule has 3 heterocycles. The van der Waals surface area contributed by atoms with E-state index in [1.165, 1.54) is 18.1 Å². The van der Waals surface area contributed by atoms with Gasteiger partial charge in [-0.05, 0) is 68.1 Å². The van der Waals surface area contributed by atoms with E-state index in [4.69, 9.17) is 9.47 Å². The number of piperidine rings is 3. The third-order valence-electron chi connectivity index (χ3n) is 6.21. The van der Waals surface area contributed by atoms with Crippen molar-refractivity contribution in [2.45, 2.75) is 25.4 Å². The summed E-state index contributed by atoms with van der Waals surface area (Å²) in [5.41, 5.74) is 1.59. The molecule has 1 unspecified atom stereocenters. The van der Waals surface area contributed by atoms with Crippen LogP contribution in [0.5, 0.6) is 0 Å². The largest absolute Gasteiger partial charge is 0.465 e. The number of anilines is 1. The van der Waals surface area contributed by atoms with Crippen molar-refractivity contribution in [3.63, 3.8) is 0 Å². The summed E-state index contributed by atoms with van der Waals surface area (Å²) < 4.78 is 25.1. The number of methoxy groups -OCH3 is 1. The summed E-state index contributed by atoms with van der Waals surface area (Å²) in [7, 11) is 1.34. The molecule has 1 atom stereocenters. The molecule has 3 aliphatic heterocycles. The number of rotatable bonds is 6. The van der Waals surface area contributed by atoms with Gasteiger partial charge in [-0.2, -0.15) is 0 Å². The fraction of sp³-hybridized carbons (Fsp3) is 0.417. The third kappa shape index (κ3) is 4.88. The lowest BCUT2D eigenvalue weighted by Gasteiger charge is -2.44. The van der Waals surface area contributed by atoms with Gasteiger partial charge in [0.2, 0.25) is 0 Å². The first-order valence-electron chi connectivity index (χ1n) is 10.7. The molecule has 2 aromatic rings. The number of ether oxygens (including phenoxy) is 2. The van der Waals surface area contributed by atoms with Crippen molar-refractivity contribution in [1.29, 1.82) is 0 Å². The van der Waals surface area contributed by atoms with Gasteiger partial charge in [-0.25, -0.2) is 14.0 Å². The van der Waals surface area contributed by atoms with E-state index in [1.807, 2.05) is 12.1 Å². The van der Waals surface area contributed by atoms with Gasteiger partial charge in [0.1, 0.15) is 11.9 Å². The Morgan fingerprint density at radius 3 is 2.42 bits per heavy atom. The standard InChI is InChI=1S/C24H27FN2O4/c1-30-23(28)19-8-6-17(7-9-19)10-15-27(21-5-3-2-4-20(21)25)24(29)31-22-16-26-13-11-18(22)12-14-26/h2-9,18,22H,10-16H2,1H3. The van der Waals surface area contributed by atoms with Crippen molar-refractivity contribution >= 4 is 17.7 Å². The highest BCUT2D eigenvalue weighted by Crippen LogP contribution is 2.30. The fourth-order valence-corrected chi connectivity index (χ4v) is 4.38. The van der Waals surface area contributed by atoms with Gasteiger partial charge >= 0.3 is 12.1 Å². The van der Waals surface area contributed by atoms with E-state index in [0.717, 1.165) is 38.0 Å². The van der Waals surface area contributed by atoms with Gasteiger partial charge in [0.25, 0.3) is 0 Å². The Morgan fingerprint density at radius 2 is 1.81 bits per heavy atom. The molecule has 2 aromatic carbocycles. The lowest BCUT2D eigenvalue weighted by atomic mass is 9.86. The SMILES string of the molecule is COC(=O)c1ccc(CCN(C(=O)OC2CN3CCC2CC3)c2ccccc2F)cc1. The molecule has 1 amide bonds. The molecule has 3 saturated heterocycles. The Hall–Kier alpha value is -2.93. The minimum absolute atomic E-state index is 0.149. The molecule has 6 nitrogen and oxygen atoms in total. The maximum Gasteiger partial charge on any atom is 0.414 e. The summed E-state index contributed by atoms with van der Waals surface area (Å²) in [6.45, 7) is 3.11. The third-order valence-corrected chi connectivity index (χ3v) is 6.21. The number of esters is 1. The van der Waals surface area contributed by atoms with Crippen LogP contribution in [0.3, 0.4) is 0 Å². The number of amides is 1. The van der Waals surface area contributed by atoms with E-state index in [1.54, 1.807) is 30.3 Å². The fourth-order valence-electron chi connectivity index (χ4n) is 4.38. The van der Waals surface area contributed by atoms with Crippen LogP contribution in [0.25, 0.3) is 0 Å². The van der Waals surface area contributed by atoms with Gasteiger partial charge < -0.3 is 9.47 Å².